The van der Waals surface area contributed by atoms with E-state index in [1.54, 1.807) is 0 Å². The molecule has 18 heavy (non-hydrogen) atoms. The van der Waals surface area contributed by atoms with Crippen LogP contribution in [-0.2, 0) is 13.1 Å². The fourth-order valence-electron chi connectivity index (χ4n) is 1.77. The summed E-state index contributed by atoms with van der Waals surface area (Å²) in [6, 6.07) is 2.08. The van der Waals surface area contributed by atoms with Gasteiger partial charge in [0.1, 0.15) is 17.2 Å². The highest BCUT2D eigenvalue weighted by Crippen LogP contribution is 2.26. The Labute approximate surface area is 111 Å². The van der Waals surface area contributed by atoms with Crippen molar-refractivity contribution in [1.82, 2.24) is 14.5 Å². The Balaban J connectivity index is 2.16. The first-order chi connectivity index (χ1) is 8.61. The van der Waals surface area contributed by atoms with Crippen LogP contribution < -0.4 is 10.6 Å². The van der Waals surface area contributed by atoms with E-state index in [-0.39, 0.29) is 0 Å². The molecule has 0 amide bonds. The van der Waals surface area contributed by atoms with Crippen LogP contribution >= 0.6 is 11.6 Å². The lowest BCUT2D eigenvalue weighted by Gasteiger charge is -2.18. The number of rotatable bonds is 4. The molecular formula is C12H16ClN5. The molecule has 0 aliphatic rings. The van der Waals surface area contributed by atoms with Crippen molar-refractivity contribution < 1.29 is 0 Å². The Hall–Kier alpha value is -1.75. The number of nitrogens with two attached hydrogens (primary N) is 1. The van der Waals surface area contributed by atoms with Gasteiger partial charge in [0.25, 0.3) is 0 Å². The van der Waals surface area contributed by atoms with Gasteiger partial charge in [-0.25, -0.2) is 9.97 Å². The van der Waals surface area contributed by atoms with E-state index >= 15 is 0 Å². The molecule has 2 heterocycles. The van der Waals surface area contributed by atoms with Crippen molar-refractivity contribution in [2.75, 3.05) is 17.7 Å². The monoisotopic (exact) mass is 265 g/mol. The maximum absolute atomic E-state index is 6.09. The van der Waals surface area contributed by atoms with Gasteiger partial charge in [0.2, 0.25) is 0 Å². The molecule has 0 radical (unpaired) electrons. The topological polar surface area (TPSA) is 60.0 Å². The average Bonchev–Trinajstić information content (AvgIpc) is 2.80. The third-order valence-corrected chi connectivity index (χ3v) is 3.12. The summed E-state index contributed by atoms with van der Waals surface area (Å²) in [5, 5.41) is 0.398. The number of hydrogen-bond donors (Lipinski definition) is 1. The zero-order chi connectivity index (χ0) is 13.1. The fraction of sp³-hybridized carbons (Fsp3) is 0.333. The van der Waals surface area contributed by atoms with E-state index in [0.717, 1.165) is 13.1 Å². The zero-order valence-electron chi connectivity index (χ0n) is 10.5. The van der Waals surface area contributed by atoms with Gasteiger partial charge < -0.3 is 15.2 Å². The van der Waals surface area contributed by atoms with Gasteiger partial charge in [-0.05, 0) is 18.6 Å². The molecule has 2 N–H and O–H groups in total. The molecule has 0 spiro atoms. The summed E-state index contributed by atoms with van der Waals surface area (Å²) in [6.07, 6.45) is 5.58. The second kappa shape index (κ2) is 5.27. The number of anilines is 2. The minimum absolute atomic E-state index is 0.305. The van der Waals surface area contributed by atoms with Crippen molar-refractivity contribution in [3.05, 3.63) is 35.4 Å². The third-order valence-electron chi connectivity index (χ3n) is 2.76. The van der Waals surface area contributed by atoms with Gasteiger partial charge >= 0.3 is 0 Å². The molecule has 2 aromatic heterocycles. The van der Waals surface area contributed by atoms with Crippen LogP contribution in [0.25, 0.3) is 0 Å². The molecule has 0 bridgehead atoms. The molecule has 0 saturated heterocycles. The third kappa shape index (κ3) is 2.56. The van der Waals surface area contributed by atoms with Crippen LogP contribution in [0.5, 0.6) is 0 Å². The van der Waals surface area contributed by atoms with Crippen LogP contribution in [0.2, 0.25) is 5.02 Å². The van der Waals surface area contributed by atoms with Gasteiger partial charge in [0, 0.05) is 32.5 Å². The van der Waals surface area contributed by atoms with E-state index in [0.29, 0.717) is 16.7 Å². The van der Waals surface area contributed by atoms with Crippen molar-refractivity contribution in [2.45, 2.75) is 20.0 Å². The Morgan fingerprint density at radius 1 is 1.44 bits per heavy atom. The molecule has 6 heteroatoms. The number of nitrogen functional groups attached to an aromatic ring is 1. The number of nitrogens with zero attached hydrogens (tertiary/aromatic N) is 4. The van der Waals surface area contributed by atoms with E-state index in [2.05, 4.69) is 39.9 Å². The summed E-state index contributed by atoms with van der Waals surface area (Å²) in [7, 11) is 1.93. The molecule has 2 rings (SSSR count). The molecule has 0 fully saturated rings. The van der Waals surface area contributed by atoms with E-state index < -0.39 is 0 Å². The quantitative estimate of drug-likeness (QED) is 0.920. The standard InChI is InChI=1S/C12H16ClN5/c1-3-18-5-4-9(7-18)6-17(2)12-10(13)11(14)15-8-16-12/h4-5,7-8H,3,6H2,1-2H3,(H2,14,15,16). The highest BCUT2D eigenvalue weighted by Gasteiger charge is 2.11. The maximum Gasteiger partial charge on any atom is 0.153 e. The molecule has 0 aliphatic carbocycles. The van der Waals surface area contributed by atoms with Gasteiger partial charge in [0.05, 0.1) is 0 Å². The summed E-state index contributed by atoms with van der Waals surface area (Å²) in [5.41, 5.74) is 6.87. The lowest BCUT2D eigenvalue weighted by molar-refractivity contribution is 0.763. The van der Waals surface area contributed by atoms with Gasteiger partial charge in [-0.15, -0.1) is 0 Å². The summed E-state index contributed by atoms with van der Waals surface area (Å²) < 4.78 is 2.12. The van der Waals surface area contributed by atoms with Crippen LogP contribution in [0.3, 0.4) is 0 Å². The molecule has 0 saturated carbocycles. The largest absolute Gasteiger partial charge is 0.382 e. The van der Waals surface area contributed by atoms with Crippen molar-refractivity contribution in [1.29, 1.82) is 0 Å². The first kappa shape index (κ1) is 12.7. The van der Waals surface area contributed by atoms with Crippen LogP contribution in [-0.4, -0.2) is 21.6 Å². The molecule has 5 nitrogen and oxygen atoms in total. The first-order valence-corrected chi connectivity index (χ1v) is 6.11. The predicted octanol–water partition coefficient (Wildman–Crippen LogP) is 2.17. The number of halogens is 1. The molecule has 0 atom stereocenters. The van der Waals surface area contributed by atoms with E-state index in [9.17, 15) is 0 Å². The molecule has 0 unspecified atom stereocenters. The van der Waals surface area contributed by atoms with Crippen molar-refractivity contribution in [3.8, 4) is 0 Å². The summed E-state index contributed by atoms with van der Waals surface area (Å²) in [6.45, 7) is 3.80. The van der Waals surface area contributed by atoms with Gasteiger partial charge in [0.15, 0.2) is 5.82 Å². The highest BCUT2D eigenvalue weighted by atomic mass is 35.5. The normalized spacial score (nSPS) is 10.6. The summed E-state index contributed by atoms with van der Waals surface area (Å²) in [4.78, 5) is 9.96. The lowest BCUT2D eigenvalue weighted by Crippen LogP contribution is -2.18. The van der Waals surface area contributed by atoms with Crippen LogP contribution in [0.4, 0.5) is 11.6 Å². The Morgan fingerprint density at radius 2 is 2.22 bits per heavy atom. The highest BCUT2D eigenvalue weighted by molar-refractivity contribution is 6.35. The zero-order valence-corrected chi connectivity index (χ0v) is 11.2. The second-order valence-corrected chi connectivity index (χ2v) is 4.48. The van der Waals surface area contributed by atoms with Crippen molar-refractivity contribution in [3.63, 3.8) is 0 Å². The Bertz CT molecular complexity index is 537. The fourth-order valence-corrected chi connectivity index (χ4v) is 2.01. The molecule has 96 valence electrons. The Kier molecular flexibility index (Phi) is 3.72. The average molecular weight is 266 g/mol. The summed E-state index contributed by atoms with van der Waals surface area (Å²) in [5.74, 6) is 0.952. The van der Waals surface area contributed by atoms with Crippen LogP contribution in [0.1, 0.15) is 12.5 Å². The van der Waals surface area contributed by atoms with Crippen LogP contribution in [0.15, 0.2) is 24.8 Å². The summed E-state index contributed by atoms with van der Waals surface area (Å²) >= 11 is 6.09. The van der Waals surface area contributed by atoms with Crippen molar-refractivity contribution in [2.24, 2.45) is 0 Å². The smallest absolute Gasteiger partial charge is 0.153 e. The van der Waals surface area contributed by atoms with Crippen molar-refractivity contribution >= 4 is 23.2 Å². The number of hydrogen-bond acceptors (Lipinski definition) is 4. The van der Waals surface area contributed by atoms with Gasteiger partial charge in [-0.2, -0.15) is 0 Å². The van der Waals surface area contributed by atoms with E-state index in [1.807, 2.05) is 11.9 Å². The predicted molar refractivity (Wildman–Crippen MR) is 73.7 cm³/mol. The molecular weight excluding hydrogens is 250 g/mol. The lowest BCUT2D eigenvalue weighted by atomic mass is 10.3. The molecule has 2 aromatic rings. The van der Waals surface area contributed by atoms with Gasteiger partial charge in [-0.3, -0.25) is 0 Å². The minimum Gasteiger partial charge on any atom is -0.382 e. The first-order valence-electron chi connectivity index (χ1n) is 5.73. The number of aryl methyl sites for hydroxylation is 1. The minimum atomic E-state index is 0.305. The molecule has 0 aliphatic heterocycles. The van der Waals surface area contributed by atoms with E-state index in [1.165, 1.54) is 11.9 Å². The Morgan fingerprint density at radius 3 is 2.89 bits per heavy atom. The van der Waals surface area contributed by atoms with Gasteiger partial charge in [-0.1, -0.05) is 11.6 Å². The van der Waals surface area contributed by atoms with E-state index in [4.69, 9.17) is 17.3 Å². The SMILES string of the molecule is CCn1ccc(CN(C)c2ncnc(N)c2Cl)c1. The molecule has 0 aromatic carbocycles. The van der Waals surface area contributed by atoms with Crippen LogP contribution in [0, 0.1) is 0 Å². The number of aromatic nitrogens is 3. The second-order valence-electron chi connectivity index (χ2n) is 4.10. The maximum atomic E-state index is 6.09.